The lowest BCUT2D eigenvalue weighted by molar-refractivity contribution is -0.134. The summed E-state index contributed by atoms with van der Waals surface area (Å²) in [6, 6.07) is 4.44. The van der Waals surface area contributed by atoms with Crippen LogP contribution in [0.5, 0.6) is 0 Å². The zero-order valence-electron chi connectivity index (χ0n) is 13.6. The first kappa shape index (κ1) is 18.2. The maximum Gasteiger partial charge on any atom is 0.337 e. The number of esters is 1. The Morgan fingerprint density at radius 3 is 2.54 bits per heavy atom. The molecule has 7 nitrogen and oxygen atoms in total. The van der Waals surface area contributed by atoms with E-state index in [1.54, 1.807) is 4.90 Å². The van der Waals surface area contributed by atoms with Crippen molar-refractivity contribution in [1.82, 2.24) is 4.90 Å². The van der Waals surface area contributed by atoms with Gasteiger partial charge >= 0.3 is 5.97 Å². The van der Waals surface area contributed by atoms with Crippen LogP contribution in [0.1, 0.15) is 17.3 Å². The van der Waals surface area contributed by atoms with Crippen molar-refractivity contribution in [1.29, 1.82) is 0 Å². The van der Waals surface area contributed by atoms with Gasteiger partial charge in [0.2, 0.25) is 11.8 Å². The standard InChI is InChI=1S/C16H19ClN2O5/c1-11(20)19(10-15(21)18-5-7-24-8-6-18)14-9-12(16(22)23-2)3-4-13(14)17/h3-4,9H,5-8,10H2,1-2H3. The molecule has 0 saturated carbocycles. The van der Waals surface area contributed by atoms with Gasteiger partial charge in [0.25, 0.3) is 0 Å². The number of methoxy groups -OCH3 is 1. The maximum absolute atomic E-state index is 12.4. The Morgan fingerprint density at radius 2 is 1.96 bits per heavy atom. The topological polar surface area (TPSA) is 76.2 Å². The number of nitrogens with zero attached hydrogens (tertiary/aromatic N) is 2. The predicted molar refractivity (Wildman–Crippen MR) is 88.2 cm³/mol. The number of morpholine rings is 1. The smallest absolute Gasteiger partial charge is 0.337 e. The molecular formula is C16H19ClN2O5. The lowest BCUT2D eigenvalue weighted by Crippen LogP contribution is -2.47. The van der Waals surface area contributed by atoms with Crippen LogP contribution in [0.2, 0.25) is 5.02 Å². The van der Waals surface area contributed by atoms with Gasteiger partial charge in [-0.15, -0.1) is 0 Å². The van der Waals surface area contributed by atoms with Crippen molar-refractivity contribution in [2.24, 2.45) is 0 Å². The van der Waals surface area contributed by atoms with Gasteiger partial charge in [0.1, 0.15) is 6.54 Å². The molecule has 1 aromatic rings. The molecule has 1 fully saturated rings. The van der Waals surface area contributed by atoms with Crippen LogP contribution in [-0.4, -0.2) is 62.6 Å². The number of hydrogen-bond donors (Lipinski definition) is 0. The fourth-order valence-electron chi connectivity index (χ4n) is 2.38. The normalized spacial score (nSPS) is 14.2. The summed E-state index contributed by atoms with van der Waals surface area (Å²) in [5, 5.41) is 0.271. The molecule has 1 aliphatic heterocycles. The molecule has 2 amide bonds. The second-order valence-electron chi connectivity index (χ2n) is 5.26. The molecule has 0 unspecified atom stereocenters. The number of ether oxygens (including phenoxy) is 2. The van der Waals surface area contributed by atoms with E-state index >= 15 is 0 Å². The number of halogens is 1. The molecule has 1 saturated heterocycles. The second-order valence-corrected chi connectivity index (χ2v) is 5.66. The van der Waals surface area contributed by atoms with Crippen LogP contribution in [-0.2, 0) is 19.1 Å². The number of anilines is 1. The summed E-state index contributed by atoms with van der Waals surface area (Å²) in [5.74, 6) is -1.09. The second kappa shape index (κ2) is 8.12. The summed E-state index contributed by atoms with van der Waals surface area (Å²) >= 11 is 6.16. The van der Waals surface area contributed by atoms with Gasteiger partial charge in [-0.05, 0) is 18.2 Å². The Hall–Kier alpha value is -2.12. The van der Waals surface area contributed by atoms with Crippen LogP contribution in [0.3, 0.4) is 0 Å². The van der Waals surface area contributed by atoms with Gasteiger partial charge < -0.3 is 19.3 Å². The maximum atomic E-state index is 12.4. The van der Waals surface area contributed by atoms with E-state index in [-0.39, 0.29) is 28.9 Å². The molecule has 0 atom stereocenters. The summed E-state index contributed by atoms with van der Waals surface area (Å²) in [5.41, 5.74) is 0.552. The van der Waals surface area contributed by atoms with E-state index in [1.165, 1.54) is 37.1 Å². The Balaban J connectivity index is 2.25. The summed E-state index contributed by atoms with van der Waals surface area (Å²) in [6.45, 7) is 3.11. The molecule has 0 aromatic heterocycles. The van der Waals surface area contributed by atoms with E-state index in [1.807, 2.05) is 0 Å². The third-order valence-electron chi connectivity index (χ3n) is 3.70. The number of benzene rings is 1. The molecule has 24 heavy (non-hydrogen) atoms. The highest BCUT2D eigenvalue weighted by Crippen LogP contribution is 2.27. The average molecular weight is 355 g/mol. The van der Waals surface area contributed by atoms with Crippen LogP contribution in [0, 0.1) is 0 Å². The summed E-state index contributed by atoms with van der Waals surface area (Å²) in [6.07, 6.45) is 0. The van der Waals surface area contributed by atoms with Crippen molar-refractivity contribution in [2.75, 3.05) is 44.9 Å². The minimum absolute atomic E-state index is 0.153. The quantitative estimate of drug-likeness (QED) is 0.763. The Bertz CT molecular complexity index is 643. The first-order valence-electron chi connectivity index (χ1n) is 7.45. The molecule has 1 heterocycles. The molecular weight excluding hydrogens is 336 g/mol. The van der Waals surface area contributed by atoms with Crippen LogP contribution in [0.25, 0.3) is 0 Å². The Labute approximate surface area is 145 Å². The minimum Gasteiger partial charge on any atom is -0.465 e. The van der Waals surface area contributed by atoms with Crippen molar-refractivity contribution in [3.05, 3.63) is 28.8 Å². The third-order valence-corrected chi connectivity index (χ3v) is 4.01. The summed E-state index contributed by atoms with van der Waals surface area (Å²) in [7, 11) is 1.27. The summed E-state index contributed by atoms with van der Waals surface area (Å²) < 4.78 is 9.89. The van der Waals surface area contributed by atoms with Crippen LogP contribution < -0.4 is 4.90 Å². The molecule has 0 N–H and O–H groups in total. The highest BCUT2D eigenvalue weighted by Gasteiger charge is 2.24. The van der Waals surface area contributed by atoms with Crippen molar-refractivity contribution in [3.63, 3.8) is 0 Å². The Kier molecular flexibility index (Phi) is 6.16. The molecule has 8 heteroatoms. The van der Waals surface area contributed by atoms with E-state index < -0.39 is 5.97 Å². The van der Waals surface area contributed by atoms with Gasteiger partial charge in [0.15, 0.2) is 0 Å². The molecule has 0 radical (unpaired) electrons. The number of rotatable bonds is 4. The number of carbonyl (C=O) groups excluding carboxylic acids is 3. The zero-order valence-corrected chi connectivity index (χ0v) is 14.3. The Morgan fingerprint density at radius 1 is 1.29 bits per heavy atom. The molecule has 1 aromatic carbocycles. The highest BCUT2D eigenvalue weighted by molar-refractivity contribution is 6.34. The lowest BCUT2D eigenvalue weighted by atomic mass is 10.2. The predicted octanol–water partition coefficient (Wildman–Crippen LogP) is 1.34. The van der Waals surface area contributed by atoms with E-state index in [4.69, 9.17) is 16.3 Å². The van der Waals surface area contributed by atoms with Crippen molar-refractivity contribution in [3.8, 4) is 0 Å². The third kappa shape index (κ3) is 4.24. The van der Waals surface area contributed by atoms with Gasteiger partial charge in [-0.3, -0.25) is 9.59 Å². The summed E-state index contributed by atoms with van der Waals surface area (Å²) in [4.78, 5) is 39.0. The number of hydrogen-bond acceptors (Lipinski definition) is 5. The number of carbonyl (C=O) groups is 3. The van der Waals surface area contributed by atoms with Crippen molar-refractivity contribution >= 4 is 35.1 Å². The zero-order chi connectivity index (χ0) is 17.7. The van der Waals surface area contributed by atoms with E-state index in [2.05, 4.69) is 4.74 Å². The average Bonchev–Trinajstić information content (AvgIpc) is 2.60. The van der Waals surface area contributed by atoms with Gasteiger partial charge in [0.05, 0.1) is 36.6 Å². The molecule has 0 aliphatic carbocycles. The van der Waals surface area contributed by atoms with Crippen LogP contribution in [0.15, 0.2) is 18.2 Å². The van der Waals surface area contributed by atoms with Crippen molar-refractivity contribution in [2.45, 2.75) is 6.92 Å². The number of amides is 2. The molecule has 2 rings (SSSR count). The van der Waals surface area contributed by atoms with Crippen LogP contribution >= 0.6 is 11.6 Å². The fraction of sp³-hybridized carbons (Fsp3) is 0.438. The largest absolute Gasteiger partial charge is 0.465 e. The highest BCUT2D eigenvalue weighted by atomic mass is 35.5. The monoisotopic (exact) mass is 354 g/mol. The fourth-order valence-corrected chi connectivity index (χ4v) is 2.60. The lowest BCUT2D eigenvalue weighted by Gasteiger charge is -2.30. The van der Waals surface area contributed by atoms with Crippen LogP contribution in [0.4, 0.5) is 5.69 Å². The van der Waals surface area contributed by atoms with Gasteiger partial charge in [-0.1, -0.05) is 11.6 Å². The first-order valence-corrected chi connectivity index (χ1v) is 7.83. The van der Waals surface area contributed by atoms with Gasteiger partial charge in [0, 0.05) is 20.0 Å². The van der Waals surface area contributed by atoms with Gasteiger partial charge in [-0.2, -0.15) is 0 Å². The van der Waals surface area contributed by atoms with Gasteiger partial charge in [-0.25, -0.2) is 4.79 Å². The van der Waals surface area contributed by atoms with E-state index in [9.17, 15) is 14.4 Å². The first-order chi connectivity index (χ1) is 11.4. The van der Waals surface area contributed by atoms with Crippen molar-refractivity contribution < 1.29 is 23.9 Å². The minimum atomic E-state index is -0.545. The molecule has 130 valence electrons. The molecule has 0 spiro atoms. The molecule has 0 bridgehead atoms. The SMILES string of the molecule is COC(=O)c1ccc(Cl)c(N(CC(=O)N2CCOCC2)C(C)=O)c1. The van der Waals surface area contributed by atoms with E-state index in [0.29, 0.717) is 32.0 Å². The molecule has 1 aliphatic rings. The van der Waals surface area contributed by atoms with E-state index in [0.717, 1.165) is 0 Å².